The number of para-hydroxylation sites is 1. The lowest BCUT2D eigenvalue weighted by molar-refractivity contribution is 0.285. The molecule has 0 aliphatic carbocycles. The van der Waals surface area contributed by atoms with Gasteiger partial charge < -0.3 is 15.7 Å². The molecule has 0 aliphatic rings. The second kappa shape index (κ2) is 5.77. The molecule has 0 aromatic heterocycles. The van der Waals surface area contributed by atoms with Crippen LogP contribution in [0.15, 0.2) is 47.1 Å². The third-order valence-electron chi connectivity index (χ3n) is 1.66. The molecule has 0 unspecified atom stereocenters. The maximum absolute atomic E-state index is 8.81. The van der Waals surface area contributed by atoms with Gasteiger partial charge in [0.15, 0.2) is 5.75 Å². The summed E-state index contributed by atoms with van der Waals surface area (Å²) in [5, 5.41) is 15.7. The normalized spacial score (nSPS) is 10.5. The molecule has 0 bridgehead atoms. The summed E-state index contributed by atoms with van der Waals surface area (Å²) in [5.74, 6) is 0.631. The fourth-order valence-corrected chi connectivity index (χ4v) is 1.04. The number of aliphatic hydroxyl groups excluding tert-OH is 1. The highest BCUT2D eigenvalue weighted by Gasteiger charge is 2.01. The summed E-state index contributed by atoms with van der Waals surface area (Å²) in [4.78, 5) is 5.01. The minimum atomic E-state index is 0.0567. The molecule has 0 saturated heterocycles. The van der Waals surface area contributed by atoms with Crippen LogP contribution in [-0.2, 0) is 6.42 Å². The van der Waals surface area contributed by atoms with Gasteiger partial charge in [-0.25, -0.2) is 0 Å². The lowest BCUT2D eigenvalue weighted by atomic mass is 10.1. The minimum absolute atomic E-state index is 0.0567. The molecule has 0 amide bonds. The molecular formula is C10H13N3O2. The van der Waals surface area contributed by atoms with Crippen LogP contribution in [-0.4, -0.2) is 11.7 Å². The molecule has 1 aromatic carbocycles. The summed E-state index contributed by atoms with van der Waals surface area (Å²) < 4.78 is 0. The maximum Gasteiger partial charge on any atom is 0.163 e. The molecular weight excluding hydrogens is 194 g/mol. The molecule has 0 aliphatic heterocycles. The highest BCUT2D eigenvalue weighted by molar-refractivity contribution is 5.33. The third-order valence-corrected chi connectivity index (χ3v) is 1.66. The molecule has 0 heterocycles. The SMILES string of the molecule is C=C(N)/N=N/Oc1ccccc1CCO. The molecule has 5 heteroatoms. The van der Waals surface area contributed by atoms with E-state index in [0.717, 1.165) is 5.56 Å². The van der Waals surface area contributed by atoms with Gasteiger partial charge in [0.2, 0.25) is 0 Å². The first-order valence-corrected chi connectivity index (χ1v) is 4.45. The molecule has 0 fully saturated rings. The molecule has 1 aromatic rings. The number of nitrogens with zero attached hydrogens (tertiary/aromatic N) is 2. The average molecular weight is 207 g/mol. The Kier molecular flexibility index (Phi) is 4.30. The number of hydrogen-bond acceptors (Lipinski definition) is 5. The van der Waals surface area contributed by atoms with Crippen molar-refractivity contribution < 1.29 is 9.94 Å². The Morgan fingerprint density at radius 2 is 2.20 bits per heavy atom. The zero-order valence-electron chi connectivity index (χ0n) is 8.26. The van der Waals surface area contributed by atoms with Gasteiger partial charge in [-0.15, -0.1) is 0 Å². The van der Waals surface area contributed by atoms with Crippen LogP contribution < -0.4 is 10.6 Å². The second-order valence-corrected chi connectivity index (χ2v) is 2.85. The van der Waals surface area contributed by atoms with E-state index in [4.69, 9.17) is 15.7 Å². The summed E-state index contributed by atoms with van der Waals surface area (Å²) in [6, 6.07) is 7.25. The van der Waals surface area contributed by atoms with E-state index in [9.17, 15) is 0 Å². The van der Waals surface area contributed by atoms with Crippen molar-refractivity contribution in [3.63, 3.8) is 0 Å². The number of hydrogen-bond donors (Lipinski definition) is 2. The van der Waals surface area contributed by atoms with Crippen molar-refractivity contribution in [1.29, 1.82) is 0 Å². The first kappa shape index (κ1) is 11.2. The highest BCUT2D eigenvalue weighted by atomic mass is 16.6. The topological polar surface area (TPSA) is 80.2 Å². The van der Waals surface area contributed by atoms with Gasteiger partial charge in [0.05, 0.1) is 0 Å². The minimum Gasteiger partial charge on any atom is -0.396 e. The summed E-state index contributed by atoms with van der Waals surface area (Å²) in [5.41, 5.74) is 6.04. The fraction of sp³-hybridized carbons (Fsp3) is 0.200. The molecule has 3 N–H and O–H groups in total. The van der Waals surface area contributed by atoms with E-state index in [1.165, 1.54) is 0 Å². The Bertz CT molecular complexity index is 363. The number of aliphatic hydroxyl groups is 1. The lowest BCUT2D eigenvalue weighted by Gasteiger charge is -2.03. The molecule has 0 saturated carbocycles. The van der Waals surface area contributed by atoms with Crippen molar-refractivity contribution in [2.45, 2.75) is 6.42 Å². The summed E-state index contributed by atoms with van der Waals surface area (Å²) >= 11 is 0. The molecule has 0 spiro atoms. The Hall–Kier alpha value is -1.88. The Morgan fingerprint density at radius 3 is 2.87 bits per heavy atom. The average Bonchev–Trinajstić information content (AvgIpc) is 2.20. The molecule has 0 radical (unpaired) electrons. The monoisotopic (exact) mass is 207 g/mol. The van der Waals surface area contributed by atoms with Crippen LogP contribution in [0.2, 0.25) is 0 Å². The van der Waals surface area contributed by atoms with Gasteiger partial charge in [-0.05, 0) is 18.1 Å². The largest absolute Gasteiger partial charge is 0.396 e. The predicted octanol–water partition coefficient (Wildman–Crippen LogP) is 1.40. The van der Waals surface area contributed by atoms with Crippen LogP contribution in [0.25, 0.3) is 0 Å². The lowest BCUT2D eigenvalue weighted by Crippen LogP contribution is -1.95. The predicted molar refractivity (Wildman–Crippen MR) is 56.0 cm³/mol. The second-order valence-electron chi connectivity index (χ2n) is 2.85. The van der Waals surface area contributed by atoms with Crippen molar-refractivity contribution in [3.8, 4) is 5.75 Å². The van der Waals surface area contributed by atoms with Gasteiger partial charge in [0.25, 0.3) is 0 Å². The summed E-state index contributed by atoms with van der Waals surface area (Å²) in [6.45, 7) is 3.40. The van der Waals surface area contributed by atoms with Crippen LogP contribution in [0.3, 0.4) is 0 Å². The van der Waals surface area contributed by atoms with Crippen molar-refractivity contribution in [1.82, 2.24) is 0 Å². The van der Waals surface area contributed by atoms with E-state index in [2.05, 4.69) is 17.0 Å². The third kappa shape index (κ3) is 3.78. The van der Waals surface area contributed by atoms with E-state index in [0.29, 0.717) is 12.2 Å². The van der Waals surface area contributed by atoms with Crippen LogP contribution in [0, 0.1) is 0 Å². The van der Waals surface area contributed by atoms with E-state index < -0.39 is 0 Å². The molecule has 80 valence electrons. The summed E-state index contributed by atoms with van der Waals surface area (Å²) in [7, 11) is 0. The molecule has 5 nitrogen and oxygen atoms in total. The first-order valence-electron chi connectivity index (χ1n) is 4.45. The quantitative estimate of drug-likeness (QED) is 0.565. The summed E-state index contributed by atoms with van der Waals surface area (Å²) in [6.07, 6.45) is 0.509. The Balaban J connectivity index is 2.70. The van der Waals surface area contributed by atoms with Gasteiger partial charge in [0.1, 0.15) is 5.82 Å². The van der Waals surface area contributed by atoms with Gasteiger partial charge >= 0.3 is 0 Å². The van der Waals surface area contributed by atoms with Crippen LogP contribution >= 0.6 is 0 Å². The van der Waals surface area contributed by atoms with Crippen LogP contribution in [0.5, 0.6) is 5.75 Å². The Labute approximate surface area is 87.9 Å². The van der Waals surface area contributed by atoms with E-state index in [-0.39, 0.29) is 12.4 Å². The Morgan fingerprint density at radius 1 is 1.47 bits per heavy atom. The molecule has 1 rings (SSSR count). The highest BCUT2D eigenvalue weighted by Crippen LogP contribution is 2.18. The van der Waals surface area contributed by atoms with Crippen LogP contribution in [0.4, 0.5) is 0 Å². The first-order chi connectivity index (χ1) is 7.24. The number of nitrogens with two attached hydrogens (primary N) is 1. The zero-order valence-corrected chi connectivity index (χ0v) is 8.26. The van der Waals surface area contributed by atoms with Gasteiger partial charge in [-0.1, -0.05) is 29.9 Å². The van der Waals surface area contributed by atoms with E-state index >= 15 is 0 Å². The number of benzene rings is 1. The van der Waals surface area contributed by atoms with Gasteiger partial charge in [-0.3, -0.25) is 0 Å². The van der Waals surface area contributed by atoms with Crippen molar-refractivity contribution in [2.24, 2.45) is 16.1 Å². The molecule has 15 heavy (non-hydrogen) atoms. The van der Waals surface area contributed by atoms with Gasteiger partial charge in [0, 0.05) is 11.9 Å². The van der Waals surface area contributed by atoms with E-state index in [1.54, 1.807) is 6.07 Å². The smallest absolute Gasteiger partial charge is 0.163 e. The molecule has 0 atom stereocenters. The van der Waals surface area contributed by atoms with Gasteiger partial charge in [-0.2, -0.15) is 0 Å². The fourth-order valence-electron chi connectivity index (χ4n) is 1.04. The maximum atomic E-state index is 8.81. The number of rotatable bonds is 5. The van der Waals surface area contributed by atoms with Crippen molar-refractivity contribution in [2.75, 3.05) is 6.61 Å². The zero-order chi connectivity index (χ0) is 11.1. The van der Waals surface area contributed by atoms with E-state index in [1.807, 2.05) is 18.2 Å². The van der Waals surface area contributed by atoms with Crippen LogP contribution in [0.1, 0.15) is 5.56 Å². The standard InChI is InChI=1S/C10H13N3O2/c1-8(11)12-13-15-10-5-3-2-4-9(10)6-7-14/h2-5,14H,1,6-7,11H2/b13-12+. The van der Waals surface area contributed by atoms with Crippen molar-refractivity contribution in [3.05, 3.63) is 42.2 Å². The van der Waals surface area contributed by atoms with Crippen molar-refractivity contribution >= 4 is 0 Å².